The number of nitrogens with zero attached hydrogens (tertiary/aromatic N) is 2. The van der Waals surface area contributed by atoms with Crippen molar-refractivity contribution < 1.29 is 14.0 Å². The number of hydrogen-bond donors (Lipinski definition) is 1. The molecule has 25 heavy (non-hydrogen) atoms. The largest absolute Gasteiger partial charge is 0.325 e. The van der Waals surface area contributed by atoms with Crippen LogP contribution in [-0.4, -0.2) is 27.4 Å². The first-order valence-electron chi connectivity index (χ1n) is 8.69. The van der Waals surface area contributed by atoms with Crippen LogP contribution in [0.4, 0.5) is 9.18 Å². The Bertz CT molecular complexity index is 869. The van der Waals surface area contributed by atoms with E-state index in [1.807, 2.05) is 6.92 Å². The van der Waals surface area contributed by atoms with Crippen molar-refractivity contribution in [2.45, 2.75) is 44.7 Å². The highest BCUT2D eigenvalue weighted by atomic mass is 19.1. The molecule has 5 nitrogen and oxygen atoms in total. The fraction of sp³-hybridized carbons (Fsp3) is 0.421. The van der Waals surface area contributed by atoms with E-state index in [0.717, 1.165) is 19.3 Å². The number of pyridine rings is 1. The molecule has 0 radical (unpaired) electrons. The number of amides is 3. The van der Waals surface area contributed by atoms with Crippen molar-refractivity contribution >= 4 is 22.8 Å². The summed E-state index contributed by atoms with van der Waals surface area (Å²) in [5, 5.41) is 3.34. The number of halogens is 1. The zero-order valence-corrected chi connectivity index (χ0v) is 14.1. The molecular formula is C19H20FN3O2. The Balaban J connectivity index is 1.69. The number of carbonyl (C=O) groups is 2. The number of aromatic nitrogens is 1. The van der Waals surface area contributed by atoms with Crippen LogP contribution in [0.5, 0.6) is 0 Å². The molecule has 1 saturated carbocycles. The molecule has 1 N–H and O–H groups in total. The molecule has 0 unspecified atom stereocenters. The number of nitrogens with one attached hydrogen (secondary N) is 1. The highest BCUT2D eigenvalue weighted by Crippen LogP contribution is 2.38. The van der Waals surface area contributed by atoms with Crippen LogP contribution < -0.4 is 5.32 Å². The summed E-state index contributed by atoms with van der Waals surface area (Å²) >= 11 is 0. The van der Waals surface area contributed by atoms with Crippen LogP contribution in [0.1, 0.15) is 38.2 Å². The van der Waals surface area contributed by atoms with Crippen molar-refractivity contribution in [2.75, 3.05) is 0 Å². The lowest BCUT2D eigenvalue weighted by molar-refractivity contribution is -0.134. The van der Waals surface area contributed by atoms with Gasteiger partial charge in [0.2, 0.25) is 0 Å². The quantitative estimate of drug-likeness (QED) is 0.852. The number of benzene rings is 1. The summed E-state index contributed by atoms with van der Waals surface area (Å²) in [4.78, 5) is 31.1. The van der Waals surface area contributed by atoms with Gasteiger partial charge < -0.3 is 5.32 Å². The first-order valence-corrected chi connectivity index (χ1v) is 8.69. The molecule has 2 aromatic rings. The average Bonchev–Trinajstić information content (AvgIpc) is 2.85. The van der Waals surface area contributed by atoms with Crippen molar-refractivity contribution in [1.29, 1.82) is 0 Å². The third kappa shape index (κ3) is 2.39. The van der Waals surface area contributed by atoms with E-state index in [-0.39, 0.29) is 30.2 Å². The van der Waals surface area contributed by atoms with Gasteiger partial charge in [0.25, 0.3) is 5.91 Å². The SMILES string of the molecule is C[C@@H]1CCCC[C@]12NC(=O)N(Cc1ccc(F)c3cccnc13)C2=O. The van der Waals surface area contributed by atoms with Crippen molar-refractivity contribution in [3.63, 3.8) is 0 Å². The normalized spacial score (nSPS) is 26.5. The Morgan fingerprint density at radius 1 is 1.32 bits per heavy atom. The van der Waals surface area contributed by atoms with Crippen molar-refractivity contribution in [1.82, 2.24) is 15.2 Å². The van der Waals surface area contributed by atoms with Gasteiger partial charge in [0.05, 0.1) is 12.1 Å². The summed E-state index contributed by atoms with van der Waals surface area (Å²) in [7, 11) is 0. The van der Waals surface area contributed by atoms with Gasteiger partial charge in [0.15, 0.2) is 0 Å². The molecule has 3 amide bonds. The van der Waals surface area contributed by atoms with Gasteiger partial charge in [-0.1, -0.05) is 25.8 Å². The minimum atomic E-state index is -0.779. The fourth-order valence-corrected chi connectivity index (χ4v) is 4.13. The molecule has 2 atom stereocenters. The topological polar surface area (TPSA) is 62.3 Å². The van der Waals surface area contributed by atoms with Gasteiger partial charge >= 0.3 is 6.03 Å². The van der Waals surface area contributed by atoms with Crippen molar-refractivity contribution in [3.05, 3.63) is 41.8 Å². The summed E-state index contributed by atoms with van der Waals surface area (Å²) in [6, 6.07) is 5.91. The highest BCUT2D eigenvalue weighted by Gasteiger charge is 2.54. The van der Waals surface area contributed by atoms with Crippen LogP contribution >= 0.6 is 0 Å². The summed E-state index contributed by atoms with van der Waals surface area (Å²) in [5.41, 5.74) is 0.375. The zero-order chi connectivity index (χ0) is 17.6. The Kier molecular flexibility index (Phi) is 3.71. The zero-order valence-electron chi connectivity index (χ0n) is 14.1. The van der Waals surface area contributed by atoms with Crippen LogP contribution in [0.2, 0.25) is 0 Å². The van der Waals surface area contributed by atoms with E-state index in [1.165, 1.54) is 11.0 Å². The Labute approximate surface area is 145 Å². The van der Waals surface area contributed by atoms with E-state index < -0.39 is 5.54 Å². The van der Waals surface area contributed by atoms with E-state index >= 15 is 0 Å². The molecule has 0 bridgehead atoms. The molecule has 1 aromatic carbocycles. The lowest BCUT2D eigenvalue weighted by Gasteiger charge is -2.36. The third-order valence-corrected chi connectivity index (χ3v) is 5.63. The molecule has 2 fully saturated rings. The number of imide groups is 1. The van der Waals surface area contributed by atoms with Crippen LogP contribution in [0.3, 0.4) is 0 Å². The first-order chi connectivity index (χ1) is 12.0. The number of rotatable bonds is 2. The predicted octanol–water partition coefficient (Wildman–Crippen LogP) is 3.37. The monoisotopic (exact) mass is 341 g/mol. The smallest absolute Gasteiger partial charge is 0.323 e. The maximum atomic E-state index is 14.0. The molecule has 1 spiro atoms. The summed E-state index contributed by atoms with van der Waals surface area (Å²) in [6.07, 6.45) is 5.21. The Hall–Kier alpha value is -2.50. The molecule has 6 heteroatoms. The van der Waals surface area contributed by atoms with Gasteiger partial charge in [-0.3, -0.25) is 14.7 Å². The fourth-order valence-electron chi connectivity index (χ4n) is 4.13. The van der Waals surface area contributed by atoms with Gasteiger partial charge in [-0.2, -0.15) is 0 Å². The van der Waals surface area contributed by atoms with E-state index in [9.17, 15) is 14.0 Å². The van der Waals surface area contributed by atoms with E-state index in [0.29, 0.717) is 22.9 Å². The Morgan fingerprint density at radius 3 is 2.96 bits per heavy atom. The van der Waals surface area contributed by atoms with Crippen LogP contribution in [0.25, 0.3) is 10.9 Å². The number of hydrogen-bond acceptors (Lipinski definition) is 3. The van der Waals surface area contributed by atoms with E-state index in [2.05, 4.69) is 10.3 Å². The second-order valence-electron chi connectivity index (χ2n) is 7.05. The summed E-state index contributed by atoms with van der Waals surface area (Å²) in [5.74, 6) is -0.412. The minimum Gasteiger partial charge on any atom is -0.323 e. The van der Waals surface area contributed by atoms with Crippen LogP contribution in [-0.2, 0) is 11.3 Å². The summed E-state index contributed by atoms with van der Waals surface area (Å²) in [6.45, 7) is 2.13. The van der Waals surface area contributed by atoms with Crippen LogP contribution in [0, 0.1) is 11.7 Å². The molecular weight excluding hydrogens is 321 g/mol. The van der Waals surface area contributed by atoms with E-state index in [1.54, 1.807) is 24.4 Å². The molecule has 2 heterocycles. The van der Waals surface area contributed by atoms with Gasteiger partial charge in [-0.15, -0.1) is 0 Å². The van der Waals surface area contributed by atoms with Crippen LogP contribution in [0.15, 0.2) is 30.5 Å². The van der Waals surface area contributed by atoms with Gasteiger partial charge in [-0.05, 0) is 42.5 Å². The molecule has 1 saturated heterocycles. The van der Waals surface area contributed by atoms with Gasteiger partial charge in [0.1, 0.15) is 11.4 Å². The van der Waals surface area contributed by atoms with E-state index in [4.69, 9.17) is 0 Å². The predicted molar refractivity (Wildman–Crippen MR) is 91.1 cm³/mol. The second-order valence-corrected chi connectivity index (χ2v) is 7.05. The average molecular weight is 341 g/mol. The number of fused-ring (bicyclic) bond motifs is 1. The van der Waals surface area contributed by atoms with Crippen molar-refractivity contribution in [3.8, 4) is 0 Å². The lowest BCUT2D eigenvalue weighted by atomic mass is 9.73. The second kappa shape index (κ2) is 5.79. The first kappa shape index (κ1) is 16.0. The maximum Gasteiger partial charge on any atom is 0.325 e. The molecule has 4 rings (SSSR count). The molecule has 130 valence electrons. The maximum absolute atomic E-state index is 14.0. The van der Waals surface area contributed by atoms with Crippen molar-refractivity contribution in [2.24, 2.45) is 5.92 Å². The molecule has 1 aromatic heterocycles. The molecule has 1 aliphatic heterocycles. The van der Waals surface area contributed by atoms with Gasteiger partial charge in [0, 0.05) is 11.6 Å². The highest BCUT2D eigenvalue weighted by molar-refractivity contribution is 6.07. The standard InChI is InChI=1S/C19H20FN3O2/c1-12-5-2-3-9-19(12)17(24)23(18(25)22-19)11-13-7-8-15(20)14-6-4-10-21-16(13)14/h4,6-8,10,12H,2-3,5,9,11H2,1H3,(H,22,25)/t12-,19+/m1/s1. The summed E-state index contributed by atoms with van der Waals surface area (Å²) < 4.78 is 14.0. The molecule has 2 aliphatic rings. The third-order valence-electron chi connectivity index (χ3n) is 5.63. The molecule has 1 aliphatic carbocycles. The lowest BCUT2D eigenvalue weighted by Crippen LogP contribution is -2.53. The number of urea groups is 1. The number of carbonyl (C=O) groups excluding carboxylic acids is 2. The Morgan fingerprint density at radius 2 is 2.16 bits per heavy atom. The minimum absolute atomic E-state index is 0.104. The van der Waals surface area contributed by atoms with Gasteiger partial charge in [-0.25, -0.2) is 9.18 Å².